The molecule has 18 nitrogen and oxygen atoms in total. The van der Waals surface area contributed by atoms with Gasteiger partial charge in [-0.25, -0.2) is 39.3 Å². The largest absolute Gasteiger partial charge is 0.491 e. The van der Waals surface area contributed by atoms with Gasteiger partial charge in [-0.15, -0.1) is 0 Å². The molecule has 10 rings (SSSR count). The predicted molar refractivity (Wildman–Crippen MR) is 239 cm³/mol. The van der Waals surface area contributed by atoms with E-state index in [9.17, 15) is 0 Å². The van der Waals surface area contributed by atoms with Crippen molar-refractivity contribution in [2.45, 2.75) is 90.6 Å². The Morgan fingerprint density at radius 2 is 1.03 bits per heavy atom. The first-order chi connectivity index (χ1) is 30.0. The van der Waals surface area contributed by atoms with Crippen molar-refractivity contribution in [1.29, 1.82) is 0 Å². The molecule has 18 heteroatoms. The van der Waals surface area contributed by atoms with Crippen molar-refractivity contribution in [3.8, 4) is 57.3 Å². The summed E-state index contributed by atoms with van der Waals surface area (Å²) in [5, 5.41) is 8.71. The van der Waals surface area contributed by atoms with Crippen LogP contribution in [-0.4, -0.2) is 148 Å². The van der Waals surface area contributed by atoms with Crippen LogP contribution < -0.4 is 19.3 Å². The number of aromatic nitrogens is 12. The molecule has 4 aliphatic heterocycles. The molecule has 0 saturated carbocycles. The summed E-state index contributed by atoms with van der Waals surface area (Å²) in [6.07, 6.45) is 15.9. The maximum Gasteiger partial charge on any atom is 0.178 e. The van der Waals surface area contributed by atoms with Crippen molar-refractivity contribution in [2.24, 2.45) is 0 Å². The fourth-order valence-electron chi connectivity index (χ4n) is 9.19. The Morgan fingerprint density at radius 1 is 0.597 bits per heavy atom. The second-order valence-corrected chi connectivity index (χ2v) is 17.8. The quantitative estimate of drug-likeness (QED) is 0.173. The molecule has 328 valence electrons. The number of rotatable bonds is 10. The van der Waals surface area contributed by atoms with Crippen molar-refractivity contribution in [2.75, 3.05) is 77.4 Å². The topological polar surface area (TPSA) is 154 Å². The van der Waals surface area contributed by atoms with Crippen molar-refractivity contribution < 1.29 is 9.47 Å². The normalized spacial score (nSPS) is 18.3. The number of nitrogens with zero attached hydrogens (tertiary/aromatic N) is 16. The van der Waals surface area contributed by atoms with Crippen LogP contribution in [-0.2, 0) is 13.1 Å². The molecule has 0 amide bonds. The lowest BCUT2D eigenvalue weighted by Crippen LogP contribution is -2.38. The van der Waals surface area contributed by atoms with E-state index in [2.05, 4.69) is 117 Å². The van der Waals surface area contributed by atoms with E-state index in [1.54, 1.807) is 12.7 Å². The molecular formula is C44H60N16O2. The van der Waals surface area contributed by atoms with Crippen LogP contribution in [0.5, 0.6) is 11.5 Å². The van der Waals surface area contributed by atoms with Gasteiger partial charge in [0.2, 0.25) is 0 Å². The fourth-order valence-corrected chi connectivity index (χ4v) is 9.19. The van der Waals surface area contributed by atoms with Crippen molar-refractivity contribution in [3.63, 3.8) is 0 Å². The molecule has 2 saturated heterocycles. The SMILES string of the molecule is CC(C)n1ncnc1-c1cn2c(n1)-c1cnc(N3CCC[C@@H]3CN(C)C)cc1OCC2.CC(C)n1ncnc1-c1cn2c(n1)-c1cnc(N3CCC[C@H]3CN(C)C)cc1OCC2. The molecular weight excluding hydrogens is 785 g/mol. The highest BCUT2D eigenvalue weighted by molar-refractivity contribution is 5.71. The second kappa shape index (κ2) is 17.5. The van der Waals surface area contributed by atoms with Crippen LogP contribution in [0.2, 0.25) is 0 Å². The molecule has 6 aromatic rings. The number of anilines is 2. The molecule has 2 fully saturated rings. The zero-order valence-electron chi connectivity index (χ0n) is 37.4. The van der Waals surface area contributed by atoms with Gasteiger partial charge in [-0.05, 0) is 81.6 Å². The first-order valence-electron chi connectivity index (χ1n) is 22.1. The fraction of sp³-hybridized carbons (Fsp3) is 0.545. The van der Waals surface area contributed by atoms with Gasteiger partial charge in [-0.1, -0.05) is 0 Å². The van der Waals surface area contributed by atoms with E-state index in [-0.39, 0.29) is 12.1 Å². The Morgan fingerprint density at radius 3 is 1.44 bits per heavy atom. The number of pyridine rings is 2. The summed E-state index contributed by atoms with van der Waals surface area (Å²) in [6.45, 7) is 15.2. The Hall–Kier alpha value is -5.88. The first-order valence-corrected chi connectivity index (χ1v) is 22.1. The minimum atomic E-state index is 0.217. The number of hydrogen-bond acceptors (Lipinski definition) is 14. The monoisotopic (exact) mass is 845 g/mol. The van der Waals surface area contributed by atoms with Gasteiger partial charge in [-0.3, -0.25) is 0 Å². The minimum Gasteiger partial charge on any atom is -0.491 e. The minimum absolute atomic E-state index is 0.217. The van der Waals surface area contributed by atoms with E-state index in [0.717, 1.165) is 108 Å². The molecule has 0 spiro atoms. The molecule has 6 aromatic heterocycles. The Balaban J connectivity index is 0.000000158. The average molecular weight is 845 g/mol. The predicted octanol–water partition coefficient (Wildman–Crippen LogP) is 5.41. The van der Waals surface area contributed by atoms with Gasteiger partial charge < -0.3 is 38.2 Å². The molecule has 10 heterocycles. The van der Waals surface area contributed by atoms with E-state index in [4.69, 9.17) is 29.4 Å². The number of likely N-dealkylation sites (N-methyl/N-ethyl adjacent to an activating group) is 2. The van der Waals surface area contributed by atoms with Crippen molar-refractivity contribution in [1.82, 2.24) is 68.4 Å². The van der Waals surface area contributed by atoms with E-state index in [1.807, 2.05) is 34.2 Å². The van der Waals surface area contributed by atoms with Crippen LogP contribution in [0.25, 0.3) is 45.8 Å². The van der Waals surface area contributed by atoms with Gasteiger partial charge in [-0.2, -0.15) is 10.2 Å². The Kier molecular flexibility index (Phi) is 11.7. The molecule has 0 aliphatic carbocycles. The number of imidazole rings is 2. The Bertz CT molecular complexity index is 2310. The summed E-state index contributed by atoms with van der Waals surface area (Å²) in [6, 6.07) is 5.59. The van der Waals surface area contributed by atoms with Gasteiger partial charge in [0.1, 0.15) is 72.0 Å². The third-order valence-electron chi connectivity index (χ3n) is 12.0. The van der Waals surface area contributed by atoms with Crippen LogP contribution in [0.15, 0.2) is 49.6 Å². The van der Waals surface area contributed by atoms with Gasteiger partial charge in [0.05, 0.1) is 24.2 Å². The smallest absolute Gasteiger partial charge is 0.178 e. The van der Waals surface area contributed by atoms with E-state index in [1.165, 1.54) is 25.7 Å². The zero-order valence-corrected chi connectivity index (χ0v) is 37.4. The van der Waals surface area contributed by atoms with Crippen LogP contribution in [0, 0.1) is 0 Å². The van der Waals surface area contributed by atoms with E-state index < -0.39 is 0 Å². The standard InChI is InChI=1S/2C22H30N8O/c2*1-15(2)30-22(24-14-25-30)18-13-28-8-9-31-19-10-20(23-11-17(19)21(28)26-18)29-7-5-6-16(29)12-27(3)4/h2*10-11,13-16H,5-9,12H2,1-4H3/t2*16-/m10/s1. The third kappa shape index (κ3) is 8.24. The summed E-state index contributed by atoms with van der Waals surface area (Å²) in [5.74, 6) is 6.98. The molecule has 0 bridgehead atoms. The highest BCUT2D eigenvalue weighted by Crippen LogP contribution is 2.38. The summed E-state index contributed by atoms with van der Waals surface area (Å²) in [4.78, 5) is 37.7. The number of fused-ring (bicyclic) bond motifs is 6. The van der Waals surface area contributed by atoms with Gasteiger partial charge in [0.15, 0.2) is 11.6 Å². The molecule has 0 unspecified atom stereocenters. The summed E-state index contributed by atoms with van der Waals surface area (Å²) < 4.78 is 20.3. The Labute approximate surface area is 363 Å². The number of hydrogen-bond donors (Lipinski definition) is 0. The zero-order chi connectivity index (χ0) is 43.1. The average Bonchev–Trinajstić information content (AvgIpc) is 4.10. The molecule has 0 radical (unpaired) electrons. The van der Waals surface area contributed by atoms with Gasteiger partial charge >= 0.3 is 0 Å². The summed E-state index contributed by atoms with van der Waals surface area (Å²) in [7, 11) is 8.51. The third-order valence-corrected chi connectivity index (χ3v) is 12.0. The van der Waals surface area contributed by atoms with Crippen molar-refractivity contribution >= 4 is 11.6 Å². The van der Waals surface area contributed by atoms with Crippen LogP contribution in [0.3, 0.4) is 0 Å². The first kappa shape index (κ1) is 41.5. The van der Waals surface area contributed by atoms with Gasteiger partial charge in [0, 0.05) is 87.3 Å². The lowest BCUT2D eigenvalue weighted by molar-refractivity contribution is 0.306. The molecule has 0 N–H and O–H groups in total. The van der Waals surface area contributed by atoms with Gasteiger partial charge in [0.25, 0.3) is 0 Å². The van der Waals surface area contributed by atoms with Crippen LogP contribution in [0.1, 0.15) is 65.5 Å². The second-order valence-electron chi connectivity index (χ2n) is 17.8. The maximum absolute atomic E-state index is 6.13. The summed E-state index contributed by atoms with van der Waals surface area (Å²) in [5.41, 5.74) is 3.49. The summed E-state index contributed by atoms with van der Waals surface area (Å²) >= 11 is 0. The lowest BCUT2D eigenvalue weighted by atomic mass is 10.2. The lowest BCUT2D eigenvalue weighted by Gasteiger charge is -2.28. The van der Waals surface area contributed by atoms with Crippen molar-refractivity contribution in [3.05, 3.63) is 49.6 Å². The van der Waals surface area contributed by atoms with Crippen LogP contribution in [0.4, 0.5) is 11.6 Å². The van der Waals surface area contributed by atoms with E-state index in [0.29, 0.717) is 25.3 Å². The number of ether oxygens (including phenoxy) is 2. The molecule has 2 atom stereocenters. The molecule has 4 aliphatic rings. The highest BCUT2D eigenvalue weighted by atomic mass is 16.5. The maximum atomic E-state index is 6.13. The highest BCUT2D eigenvalue weighted by Gasteiger charge is 2.30. The van der Waals surface area contributed by atoms with Crippen LogP contribution >= 0.6 is 0 Å². The molecule has 62 heavy (non-hydrogen) atoms. The van der Waals surface area contributed by atoms with E-state index >= 15 is 0 Å². The molecule has 0 aromatic carbocycles.